The van der Waals surface area contributed by atoms with Crippen molar-refractivity contribution in [2.45, 2.75) is 10.8 Å². The van der Waals surface area contributed by atoms with Gasteiger partial charge in [0.25, 0.3) is 15.9 Å². The highest BCUT2D eigenvalue weighted by Gasteiger charge is 2.27. The molecule has 8 nitrogen and oxygen atoms in total. The minimum atomic E-state index is -3.54. The van der Waals surface area contributed by atoms with Gasteiger partial charge >= 0.3 is 0 Å². The Labute approximate surface area is 192 Å². The fourth-order valence-corrected chi connectivity index (χ4v) is 7.10. The molecule has 1 saturated heterocycles. The molecule has 32 heavy (non-hydrogen) atoms. The van der Waals surface area contributed by atoms with Crippen LogP contribution >= 0.6 is 22.7 Å². The van der Waals surface area contributed by atoms with Gasteiger partial charge in [-0.1, -0.05) is 12.1 Å². The largest absolute Gasteiger partial charge is 0.448 e. The number of aromatic nitrogens is 1. The molecule has 5 rings (SSSR count). The Bertz CT molecular complexity index is 1330. The second-order valence-electron chi connectivity index (χ2n) is 7.07. The van der Waals surface area contributed by atoms with Crippen LogP contribution in [0, 0.1) is 0 Å². The van der Waals surface area contributed by atoms with Crippen molar-refractivity contribution in [3.63, 3.8) is 0 Å². The molecule has 3 aromatic heterocycles. The topological polar surface area (TPSA) is 102 Å². The maximum Gasteiger partial charge on any atom is 0.287 e. The van der Waals surface area contributed by atoms with Gasteiger partial charge in [-0.05, 0) is 36.4 Å². The van der Waals surface area contributed by atoms with Crippen molar-refractivity contribution in [3.8, 4) is 10.8 Å². The predicted octanol–water partition coefficient (Wildman–Crippen LogP) is 3.57. The average molecular weight is 490 g/mol. The zero-order chi connectivity index (χ0) is 22.1. The smallest absolute Gasteiger partial charge is 0.287 e. The molecule has 0 unspecified atom stereocenters. The van der Waals surface area contributed by atoms with Gasteiger partial charge in [0.1, 0.15) is 4.21 Å². The average Bonchev–Trinajstić information content (AvgIpc) is 3.57. The second kappa shape index (κ2) is 8.75. The van der Waals surface area contributed by atoms with Crippen molar-refractivity contribution < 1.29 is 22.4 Å². The highest BCUT2D eigenvalue weighted by atomic mass is 32.2. The molecule has 0 spiro atoms. The number of thiazole rings is 1. The monoisotopic (exact) mass is 489 g/mol. The summed E-state index contributed by atoms with van der Waals surface area (Å²) in [4.78, 5) is 17.8. The van der Waals surface area contributed by atoms with Gasteiger partial charge in [-0.25, -0.2) is 13.4 Å². The number of furan rings is 1. The first-order chi connectivity index (χ1) is 15.5. The van der Waals surface area contributed by atoms with E-state index in [1.54, 1.807) is 24.3 Å². The van der Waals surface area contributed by atoms with Crippen LogP contribution in [0.5, 0.6) is 0 Å². The van der Waals surface area contributed by atoms with Crippen molar-refractivity contribution in [2.24, 2.45) is 0 Å². The first-order valence-corrected chi connectivity index (χ1v) is 13.0. The molecular formula is C21H19N3O5S3. The normalized spacial score (nSPS) is 15.2. The summed E-state index contributed by atoms with van der Waals surface area (Å²) in [6.07, 6.45) is 0. The van der Waals surface area contributed by atoms with Crippen molar-refractivity contribution in [2.75, 3.05) is 26.3 Å². The van der Waals surface area contributed by atoms with Gasteiger partial charge in [-0.15, -0.1) is 22.7 Å². The summed E-state index contributed by atoms with van der Waals surface area (Å²) < 4.78 is 39.1. The van der Waals surface area contributed by atoms with Crippen LogP contribution in [-0.4, -0.2) is 49.9 Å². The number of fused-ring (bicyclic) bond motifs is 1. The second-order valence-corrected chi connectivity index (χ2v) is 11.4. The molecule has 1 amide bonds. The summed E-state index contributed by atoms with van der Waals surface area (Å²) >= 11 is 2.65. The number of morpholine rings is 1. The van der Waals surface area contributed by atoms with E-state index in [0.717, 1.165) is 26.4 Å². The summed E-state index contributed by atoms with van der Waals surface area (Å²) in [5.74, 6) is 0.340. The Morgan fingerprint density at radius 3 is 2.69 bits per heavy atom. The van der Waals surface area contributed by atoms with Crippen LogP contribution in [0.3, 0.4) is 0 Å². The molecular weight excluding hydrogens is 470 g/mol. The predicted molar refractivity (Wildman–Crippen MR) is 122 cm³/mol. The lowest BCUT2D eigenvalue weighted by atomic mass is 10.3. The minimum absolute atomic E-state index is 0.178. The summed E-state index contributed by atoms with van der Waals surface area (Å²) in [5.41, 5.74) is 0.885. The molecule has 1 aliphatic rings. The zero-order valence-corrected chi connectivity index (χ0v) is 19.3. The van der Waals surface area contributed by atoms with Crippen LogP contribution in [0.1, 0.15) is 15.4 Å². The highest BCUT2D eigenvalue weighted by molar-refractivity contribution is 7.91. The highest BCUT2D eigenvalue weighted by Crippen LogP contribution is 2.31. The molecule has 0 saturated carbocycles. The number of hydrogen-bond acceptors (Lipinski definition) is 8. The molecule has 4 aromatic rings. The summed E-state index contributed by atoms with van der Waals surface area (Å²) in [6, 6.07) is 14.4. The molecule has 0 radical (unpaired) electrons. The molecule has 166 valence electrons. The van der Waals surface area contributed by atoms with Gasteiger partial charge in [-0.2, -0.15) is 4.31 Å². The van der Waals surface area contributed by atoms with Gasteiger partial charge in [0.2, 0.25) is 0 Å². The number of hydrogen-bond donors (Lipinski definition) is 1. The van der Waals surface area contributed by atoms with E-state index in [4.69, 9.17) is 9.15 Å². The number of sulfonamides is 1. The van der Waals surface area contributed by atoms with Crippen LogP contribution < -0.4 is 5.32 Å². The van der Waals surface area contributed by atoms with E-state index in [9.17, 15) is 13.2 Å². The molecule has 0 bridgehead atoms. The van der Waals surface area contributed by atoms with E-state index < -0.39 is 10.0 Å². The Balaban J connectivity index is 1.24. The first-order valence-electron chi connectivity index (χ1n) is 9.91. The van der Waals surface area contributed by atoms with E-state index in [1.807, 2.05) is 24.3 Å². The van der Waals surface area contributed by atoms with Gasteiger partial charge < -0.3 is 14.5 Å². The van der Waals surface area contributed by atoms with Crippen molar-refractivity contribution >= 4 is 48.8 Å². The lowest BCUT2D eigenvalue weighted by Crippen LogP contribution is -2.40. The number of nitrogens with zero attached hydrogens (tertiary/aromatic N) is 2. The van der Waals surface area contributed by atoms with Crippen LogP contribution in [-0.2, 0) is 21.3 Å². The quantitative estimate of drug-likeness (QED) is 0.444. The van der Waals surface area contributed by atoms with Crippen LogP contribution in [0.4, 0.5) is 0 Å². The minimum Gasteiger partial charge on any atom is -0.448 e. The lowest BCUT2D eigenvalue weighted by Gasteiger charge is -2.25. The zero-order valence-electron chi connectivity index (χ0n) is 16.8. The van der Waals surface area contributed by atoms with Crippen LogP contribution in [0.15, 0.2) is 57.2 Å². The van der Waals surface area contributed by atoms with E-state index >= 15 is 0 Å². The fourth-order valence-electron chi connectivity index (χ4n) is 3.31. The van der Waals surface area contributed by atoms with Crippen LogP contribution in [0.25, 0.3) is 21.0 Å². The molecule has 1 aromatic carbocycles. The molecule has 0 atom stereocenters. The Morgan fingerprint density at radius 2 is 1.88 bits per heavy atom. The van der Waals surface area contributed by atoms with Crippen molar-refractivity contribution in [3.05, 3.63) is 59.2 Å². The summed E-state index contributed by atoms with van der Waals surface area (Å²) in [5, 5.41) is 3.49. The number of amides is 1. The third-order valence-corrected chi connectivity index (χ3v) is 9.46. The Kier molecular flexibility index (Phi) is 5.82. The van der Waals surface area contributed by atoms with Crippen molar-refractivity contribution in [1.82, 2.24) is 14.6 Å². The third kappa shape index (κ3) is 4.21. The SMILES string of the molecule is O=C(NCc1ccc(S(=O)(=O)N2CCOCC2)s1)c1ccc(-c2nc3ccccc3s2)o1. The molecule has 0 aliphatic carbocycles. The first kappa shape index (κ1) is 21.3. The number of para-hydroxylation sites is 1. The maximum absolute atomic E-state index is 12.7. The summed E-state index contributed by atoms with van der Waals surface area (Å²) in [6.45, 7) is 1.70. The molecule has 1 N–H and O–H groups in total. The third-order valence-electron chi connectivity index (χ3n) is 4.96. The van der Waals surface area contributed by atoms with E-state index in [2.05, 4.69) is 10.3 Å². The molecule has 4 heterocycles. The number of ether oxygens (including phenoxy) is 1. The number of carbonyl (C=O) groups excluding carboxylic acids is 1. The number of carbonyl (C=O) groups is 1. The van der Waals surface area contributed by atoms with Crippen LogP contribution in [0.2, 0.25) is 0 Å². The maximum atomic E-state index is 12.7. The summed E-state index contributed by atoms with van der Waals surface area (Å²) in [7, 11) is -3.54. The fraction of sp³-hybridized carbons (Fsp3) is 0.238. The molecule has 1 aliphatic heterocycles. The standard InChI is InChI=1S/C21H19N3O5S3/c25-20(16-6-7-17(29-16)21-23-15-3-1-2-4-18(15)31-21)22-13-14-5-8-19(30-14)32(26,27)24-9-11-28-12-10-24/h1-8H,9-13H2,(H,22,25). The van der Waals surface area contributed by atoms with Crippen molar-refractivity contribution in [1.29, 1.82) is 0 Å². The Morgan fingerprint density at radius 1 is 1.06 bits per heavy atom. The molecule has 1 fully saturated rings. The van der Waals surface area contributed by atoms with Gasteiger partial charge in [0, 0.05) is 18.0 Å². The van der Waals surface area contributed by atoms with E-state index in [-0.39, 0.29) is 22.4 Å². The van der Waals surface area contributed by atoms with Gasteiger partial charge in [-0.3, -0.25) is 4.79 Å². The number of benzene rings is 1. The number of nitrogens with one attached hydrogen (secondary N) is 1. The number of thiophene rings is 1. The van der Waals surface area contributed by atoms with E-state index in [0.29, 0.717) is 37.1 Å². The number of rotatable bonds is 6. The van der Waals surface area contributed by atoms with Gasteiger partial charge in [0.15, 0.2) is 16.5 Å². The van der Waals surface area contributed by atoms with Gasteiger partial charge in [0.05, 0.1) is 30.0 Å². The lowest BCUT2D eigenvalue weighted by molar-refractivity contribution is 0.0731. The molecule has 11 heteroatoms. The Hall–Kier alpha value is -2.57. The van der Waals surface area contributed by atoms with E-state index in [1.165, 1.54) is 15.6 Å².